The molecule has 8 nitrogen and oxygen atoms in total. The van der Waals surface area contributed by atoms with Crippen molar-refractivity contribution < 1.29 is 39.7 Å². The minimum Gasteiger partial charge on any atom is -0.396 e. The summed E-state index contributed by atoms with van der Waals surface area (Å²) >= 11 is 0. The van der Waals surface area contributed by atoms with E-state index in [9.17, 15) is 25.5 Å². The summed E-state index contributed by atoms with van der Waals surface area (Å²) in [6.45, 7) is 7.17. The van der Waals surface area contributed by atoms with E-state index in [0.29, 0.717) is 0 Å². The SMILES string of the molecule is CC1O[C@@H](C(C)(C)C)C(CO)C(O)[C@H]1O[C@@H]1OCC(O)C(O)C1O. The van der Waals surface area contributed by atoms with Gasteiger partial charge < -0.3 is 39.7 Å². The fourth-order valence-electron chi connectivity index (χ4n) is 3.41. The van der Waals surface area contributed by atoms with Gasteiger partial charge in [-0.15, -0.1) is 0 Å². The summed E-state index contributed by atoms with van der Waals surface area (Å²) in [5.74, 6) is -0.553. The van der Waals surface area contributed by atoms with Gasteiger partial charge in [0.15, 0.2) is 6.29 Å². The van der Waals surface area contributed by atoms with Crippen LogP contribution in [0, 0.1) is 11.3 Å². The van der Waals surface area contributed by atoms with Gasteiger partial charge in [0.25, 0.3) is 0 Å². The third-order valence-corrected chi connectivity index (χ3v) is 4.80. The summed E-state index contributed by atoms with van der Waals surface area (Å²) in [6, 6.07) is 0. The number of ether oxygens (including phenoxy) is 3. The summed E-state index contributed by atoms with van der Waals surface area (Å²) in [5, 5.41) is 49.5. The van der Waals surface area contributed by atoms with Crippen molar-refractivity contribution in [2.75, 3.05) is 13.2 Å². The van der Waals surface area contributed by atoms with Crippen LogP contribution in [0.25, 0.3) is 0 Å². The minimum atomic E-state index is -1.44. The number of hydrogen-bond acceptors (Lipinski definition) is 8. The Morgan fingerprint density at radius 3 is 2.21 bits per heavy atom. The Morgan fingerprint density at radius 2 is 1.67 bits per heavy atom. The molecule has 2 aliphatic heterocycles. The highest BCUT2D eigenvalue weighted by atomic mass is 16.7. The van der Waals surface area contributed by atoms with E-state index in [-0.39, 0.29) is 24.7 Å². The quantitative estimate of drug-likeness (QED) is 0.421. The van der Waals surface area contributed by atoms with E-state index >= 15 is 0 Å². The predicted octanol–water partition coefficient (Wildman–Crippen LogP) is -1.39. The normalized spacial score (nSPS) is 47.6. The molecule has 0 aliphatic carbocycles. The predicted molar refractivity (Wildman–Crippen MR) is 83.0 cm³/mol. The van der Waals surface area contributed by atoms with Crippen molar-refractivity contribution in [3.8, 4) is 0 Å². The lowest BCUT2D eigenvalue weighted by molar-refractivity contribution is -0.322. The molecule has 0 aromatic carbocycles. The highest BCUT2D eigenvalue weighted by Gasteiger charge is 2.50. The van der Waals surface area contributed by atoms with Crippen LogP contribution < -0.4 is 0 Å². The van der Waals surface area contributed by atoms with E-state index in [1.807, 2.05) is 20.8 Å². The lowest BCUT2D eigenvalue weighted by atomic mass is 9.75. The second kappa shape index (κ2) is 7.51. The summed E-state index contributed by atoms with van der Waals surface area (Å²) in [7, 11) is 0. The molecule has 142 valence electrons. The van der Waals surface area contributed by atoms with Crippen LogP contribution in [0.2, 0.25) is 0 Å². The number of hydrogen-bond donors (Lipinski definition) is 5. The van der Waals surface area contributed by atoms with Crippen molar-refractivity contribution in [2.45, 2.75) is 76.7 Å². The van der Waals surface area contributed by atoms with Crippen molar-refractivity contribution in [2.24, 2.45) is 11.3 Å². The van der Waals surface area contributed by atoms with Gasteiger partial charge in [-0.2, -0.15) is 0 Å². The van der Waals surface area contributed by atoms with Gasteiger partial charge in [0.2, 0.25) is 0 Å². The minimum absolute atomic E-state index is 0.186. The van der Waals surface area contributed by atoms with Crippen molar-refractivity contribution in [1.82, 2.24) is 0 Å². The van der Waals surface area contributed by atoms with Crippen LogP contribution in [-0.2, 0) is 14.2 Å². The second-order valence-corrected chi connectivity index (χ2v) is 7.82. The van der Waals surface area contributed by atoms with Gasteiger partial charge in [-0.05, 0) is 12.3 Å². The van der Waals surface area contributed by atoms with Crippen LogP contribution in [0.5, 0.6) is 0 Å². The molecule has 2 fully saturated rings. The first-order chi connectivity index (χ1) is 11.1. The number of aliphatic hydroxyl groups is 5. The first-order valence-electron chi connectivity index (χ1n) is 8.33. The van der Waals surface area contributed by atoms with Crippen LogP contribution in [0.3, 0.4) is 0 Å². The fourth-order valence-corrected chi connectivity index (χ4v) is 3.41. The van der Waals surface area contributed by atoms with Crippen molar-refractivity contribution >= 4 is 0 Å². The zero-order valence-corrected chi connectivity index (χ0v) is 14.6. The van der Waals surface area contributed by atoms with Crippen LogP contribution in [0.4, 0.5) is 0 Å². The average molecular weight is 350 g/mol. The van der Waals surface area contributed by atoms with Gasteiger partial charge in [-0.1, -0.05) is 20.8 Å². The maximum Gasteiger partial charge on any atom is 0.186 e. The maximum absolute atomic E-state index is 10.7. The summed E-state index contributed by atoms with van der Waals surface area (Å²) in [4.78, 5) is 0. The third-order valence-electron chi connectivity index (χ3n) is 4.80. The molecule has 24 heavy (non-hydrogen) atoms. The Bertz CT molecular complexity index is 411. The summed E-state index contributed by atoms with van der Waals surface area (Å²) in [6.07, 6.45) is -7.97. The van der Waals surface area contributed by atoms with Crippen LogP contribution >= 0.6 is 0 Å². The fraction of sp³-hybridized carbons (Fsp3) is 1.00. The first kappa shape index (κ1) is 20.0. The number of rotatable bonds is 3. The van der Waals surface area contributed by atoms with E-state index in [2.05, 4.69) is 0 Å². The van der Waals surface area contributed by atoms with E-state index in [4.69, 9.17) is 14.2 Å². The van der Waals surface area contributed by atoms with E-state index in [1.54, 1.807) is 6.92 Å². The van der Waals surface area contributed by atoms with E-state index < -0.39 is 48.8 Å². The van der Waals surface area contributed by atoms with Crippen molar-refractivity contribution in [3.63, 3.8) is 0 Å². The molecule has 0 amide bonds. The largest absolute Gasteiger partial charge is 0.396 e. The molecule has 0 bridgehead atoms. The Kier molecular flexibility index (Phi) is 6.26. The third kappa shape index (κ3) is 3.91. The first-order valence-corrected chi connectivity index (χ1v) is 8.33. The molecule has 0 aromatic heterocycles. The Hall–Kier alpha value is -0.320. The molecule has 5 N–H and O–H groups in total. The zero-order valence-electron chi connectivity index (χ0n) is 14.6. The molecule has 8 heteroatoms. The van der Waals surface area contributed by atoms with Crippen molar-refractivity contribution in [3.05, 3.63) is 0 Å². The van der Waals surface area contributed by atoms with E-state index in [1.165, 1.54) is 0 Å². The van der Waals surface area contributed by atoms with Gasteiger partial charge in [0.1, 0.15) is 24.4 Å². The van der Waals surface area contributed by atoms with Crippen LogP contribution in [0.1, 0.15) is 27.7 Å². The monoisotopic (exact) mass is 350 g/mol. The molecular weight excluding hydrogens is 320 g/mol. The molecule has 6 unspecified atom stereocenters. The number of aliphatic hydroxyl groups excluding tert-OH is 5. The molecule has 2 heterocycles. The van der Waals surface area contributed by atoms with Gasteiger partial charge in [-0.25, -0.2) is 0 Å². The molecule has 0 saturated carbocycles. The highest BCUT2D eigenvalue weighted by molar-refractivity contribution is 4.96. The van der Waals surface area contributed by atoms with Gasteiger partial charge in [-0.3, -0.25) is 0 Å². The summed E-state index contributed by atoms with van der Waals surface area (Å²) < 4.78 is 16.8. The molecular formula is C16H30O8. The molecule has 9 atom stereocenters. The Labute approximate surface area is 142 Å². The molecule has 2 saturated heterocycles. The van der Waals surface area contributed by atoms with Crippen molar-refractivity contribution in [1.29, 1.82) is 0 Å². The topological polar surface area (TPSA) is 129 Å². The van der Waals surface area contributed by atoms with Gasteiger partial charge in [0.05, 0.1) is 31.5 Å². The van der Waals surface area contributed by atoms with Crippen LogP contribution in [0.15, 0.2) is 0 Å². The molecule has 2 aliphatic rings. The van der Waals surface area contributed by atoms with Gasteiger partial charge >= 0.3 is 0 Å². The Morgan fingerprint density at radius 1 is 1.04 bits per heavy atom. The molecule has 2 rings (SSSR count). The smallest absolute Gasteiger partial charge is 0.186 e. The summed E-state index contributed by atoms with van der Waals surface area (Å²) in [5.41, 5.74) is -0.283. The zero-order chi connectivity index (χ0) is 18.2. The van der Waals surface area contributed by atoms with Gasteiger partial charge in [0, 0.05) is 5.92 Å². The molecule has 0 radical (unpaired) electrons. The standard InChI is InChI=1S/C16H30O8/c1-7-13(24-15-12(21)11(20)9(18)6-22-15)10(19)8(5-17)14(23-7)16(2,3)4/h7-15,17-21H,5-6H2,1-4H3/t7?,8?,9?,10?,11?,12?,13-,14+,15-/m0/s1. The average Bonchev–Trinajstić information content (AvgIpc) is 2.49. The lowest BCUT2D eigenvalue weighted by Gasteiger charge is -2.49. The molecule has 0 aromatic rings. The Balaban J connectivity index is 2.11. The lowest BCUT2D eigenvalue weighted by Crippen LogP contribution is -2.62. The second-order valence-electron chi connectivity index (χ2n) is 7.82. The van der Waals surface area contributed by atoms with E-state index in [0.717, 1.165) is 0 Å². The van der Waals surface area contributed by atoms with Crippen LogP contribution in [-0.4, -0.2) is 87.8 Å². The maximum atomic E-state index is 10.7. The highest BCUT2D eigenvalue weighted by Crippen LogP contribution is 2.38. The molecule has 0 spiro atoms.